The highest BCUT2D eigenvalue weighted by molar-refractivity contribution is 7.90. The van der Waals surface area contributed by atoms with Crippen LogP contribution in [0.5, 0.6) is 5.75 Å². The summed E-state index contributed by atoms with van der Waals surface area (Å²) in [6.45, 7) is 3.67. The van der Waals surface area contributed by atoms with Crippen molar-refractivity contribution in [3.8, 4) is 5.75 Å². The van der Waals surface area contributed by atoms with Crippen molar-refractivity contribution in [3.63, 3.8) is 0 Å². The Kier molecular flexibility index (Phi) is 5.18. The van der Waals surface area contributed by atoms with Crippen LogP contribution in [-0.2, 0) is 26.0 Å². The number of fused-ring (bicyclic) bond motifs is 1. The van der Waals surface area contributed by atoms with E-state index < -0.39 is 22.0 Å². The number of rotatable bonds is 5. The van der Waals surface area contributed by atoms with Crippen molar-refractivity contribution >= 4 is 27.5 Å². The van der Waals surface area contributed by atoms with Gasteiger partial charge in [0.15, 0.2) is 6.10 Å². The van der Waals surface area contributed by atoms with Crippen LogP contribution in [0.15, 0.2) is 47.4 Å². The molecule has 27 heavy (non-hydrogen) atoms. The molecule has 8 heteroatoms. The molecule has 0 unspecified atom stereocenters. The van der Waals surface area contributed by atoms with Crippen LogP contribution < -0.4 is 14.8 Å². The largest absolute Gasteiger partial charge is 0.478 e. The topological polar surface area (TPSA) is 102 Å². The highest BCUT2D eigenvalue weighted by Gasteiger charge is 2.28. The van der Waals surface area contributed by atoms with Crippen molar-refractivity contribution in [2.45, 2.75) is 37.7 Å². The van der Waals surface area contributed by atoms with Crippen LogP contribution in [0, 0.1) is 6.92 Å². The fourth-order valence-corrected chi connectivity index (χ4v) is 3.80. The second-order valence-corrected chi connectivity index (χ2v) is 7.98. The van der Waals surface area contributed by atoms with Gasteiger partial charge in [-0.15, -0.1) is 0 Å². The van der Waals surface area contributed by atoms with Crippen molar-refractivity contribution in [2.24, 2.45) is 0 Å². The highest BCUT2D eigenvalue weighted by atomic mass is 32.2. The molecular formula is C19H20N2O5S. The number of hydrogen-bond donors (Lipinski definition) is 2. The molecule has 2 aromatic rings. The number of benzene rings is 2. The van der Waals surface area contributed by atoms with Crippen molar-refractivity contribution in [2.75, 3.05) is 5.32 Å². The normalized spacial score (nSPS) is 16.1. The second-order valence-electron chi connectivity index (χ2n) is 6.29. The summed E-state index contributed by atoms with van der Waals surface area (Å²) in [6, 6.07) is 11.4. The minimum absolute atomic E-state index is 0.0468. The lowest BCUT2D eigenvalue weighted by molar-refractivity contribution is -0.123. The summed E-state index contributed by atoms with van der Waals surface area (Å²) >= 11 is 0. The first-order chi connectivity index (χ1) is 12.8. The predicted octanol–water partition coefficient (Wildman–Crippen LogP) is 2.15. The summed E-state index contributed by atoms with van der Waals surface area (Å²) in [5, 5.41) is 2.63. The Morgan fingerprint density at radius 1 is 1.22 bits per heavy atom. The molecule has 3 rings (SSSR count). The quantitative estimate of drug-likeness (QED) is 0.817. The molecule has 0 saturated carbocycles. The third kappa shape index (κ3) is 4.11. The maximum absolute atomic E-state index is 12.5. The standard InChI is InChI=1S/C19H20N2O5S/c1-3-16-19(23)20-15-11-14(8-9-17(15)26-16)27(24,25)21-18(22)10-13-7-5-4-6-12(13)2/h4-9,11,16H,3,10H2,1-2H3,(H,20,23)(H,21,22)/t16-/m0/s1. The van der Waals surface area contributed by atoms with Gasteiger partial charge in [-0.25, -0.2) is 13.1 Å². The van der Waals surface area contributed by atoms with Crippen LogP contribution in [-0.4, -0.2) is 26.3 Å². The van der Waals surface area contributed by atoms with Crippen molar-refractivity contribution in [1.82, 2.24) is 4.72 Å². The first-order valence-corrected chi connectivity index (χ1v) is 10.00. The van der Waals surface area contributed by atoms with Crippen molar-refractivity contribution in [1.29, 1.82) is 0 Å². The third-order valence-corrected chi connectivity index (χ3v) is 5.68. The van der Waals surface area contributed by atoms with Crippen LogP contribution >= 0.6 is 0 Å². The van der Waals surface area contributed by atoms with Gasteiger partial charge in [-0.3, -0.25) is 9.59 Å². The molecule has 2 amide bonds. The summed E-state index contributed by atoms with van der Waals surface area (Å²) in [5.41, 5.74) is 1.92. The van der Waals surface area contributed by atoms with E-state index in [1.165, 1.54) is 18.2 Å². The fraction of sp³-hybridized carbons (Fsp3) is 0.263. The predicted molar refractivity (Wildman–Crippen MR) is 100.0 cm³/mol. The number of carbonyl (C=O) groups excluding carboxylic acids is 2. The van der Waals surface area contributed by atoms with Gasteiger partial charge in [0, 0.05) is 0 Å². The molecule has 0 bridgehead atoms. The lowest BCUT2D eigenvalue weighted by Gasteiger charge is -2.25. The molecule has 7 nitrogen and oxygen atoms in total. The Hall–Kier alpha value is -2.87. The van der Waals surface area contributed by atoms with Crippen LogP contribution in [0.1, 0.15) is 24.5 Å². The number of nitrogens with one attached hydrogen (secondary N) is 2. The lowest BCUT2D eigenvalue weighted by Crippen LogP contribution is -2.36. The molecule has 0 radical (unpaired) electrons. The Balaban J connectivity index is 1.77. The first-order valence-electron chi connectivity index (χ1n) is 8.52. The molecule has 1 atom stereocenters. The number of aryl methyl sites for hydroxylation is 1. The zero-order chi connectivity index (χ0) is 19.6. The third-order valence-electron chi connectivity index (χ3n) is 4.31. The van der Waals surface area contributed by atoms with E-state index in [1.54, 1.807) is 12.1 Å². The Morgan fingerprint density at radius 3 is 2.67 bits per heavy atom. The van der Waals surface area contributed by atoms with Crippen molar-refractivity contribution < 1.29 is 22.7 Å². The van der Waals surface area contributed by atoms with E-state index in [0.717, 1.165) is 11.1 Å². The smallest absolute Gasteiger partial charge is 0.265 e. The molecule has 0 aliphatic carbocycles. The monoisotopic (exact) mass is 388 g/mol. The molecule has 0 fully saturated rings. The van der Waals surface area contributed by atoms with Gasteiger partial charge in [-0.05, 0) is 42.7 Å². The molecule has 142 valence electrons. The molecule has 1 heterocycles. The van der Waals surface area contributed by atoms with E-state index in [2.05, 4.69) is 10.0 Å². The van der Waals surface area contributed by atoms with Gasteiger partial charge in [0.05, 0.1) is 17.0 Å². The van der Waals surface area contributed by atoms with Gasteiger partial charge in [-0.1, -0.05) is 31.2 Å². The van der Waals surface area contributed by atoms with Crippen LogP contribution in [0.4, 0.5) is 5.69 Å². The minimum Gasteiger partial charge on any atom is -0.478 e. The van der Waals surface area contributed by atoms with Crippen LogP contribution in [0.3, 0.4) is 0 Å². The fourth-order valence-electron chi connectivity index (χ4n) is 2.79. The van der Waals surface area contributed by atoms with Gasteiger partial charge in [0.1, 0.15) is 5.75 Å². The Bertz CT molecular complexity index is 1000. The summed E-state index contributed by atoms with van der Waals surface area (Å²) in [6.07, 6.45) is -0.149. The van der Waals surface area contributed by atoms with Crippen LogP contribution in [0.2, 0.25) is 0 Å². The molecule has 2 aromatic carbocycles. The maximum atomic E-state index is 12.5. The molecule has 2 N–H and O–H groups in total. The first kappa shape index (κ1) is 18.9. The lowest BCUT2D eigenvalue weighted by atomic mass is 10.1. The maximum Gasteiger partial charge on any atom is 0.265 e. The highest BCUT2D eigenvalue weighted by Crippen LogP contribution is 2.32. The van der Waals surface area contributed by atoms with E-state index in [4.69, 9.17) is 4.74 Å². The Morgan fingerprint density at radius 2 is 1.96 bits per heavy atom. The molecule has 1 aliphatic heterocycles. The number of amides is 2. The summed E-state index contributed by atoms with van der Waals surface area (Å²) in [5.74, 6) is -0.567. The van der Waals surface area contributed by atoms with Gasteiger partial charge in [0.25, 0.3) is 15.9 Å². The average Bonchev–Trinajstić information content (AvgIpc) is 2.62. The van der Waals surface area contributed by atoms with Gasteiger partial charge >= 0.3 is 0 Å². The van der Waals surface area contributed by atoms with E-state index in [9.17, 15) is 18.0 Å². The molecule has 0 aromatic heterocycles. The minimum atomic E-state index is -4.07. The number of ether oxygens (including phenoxy) is 1. The van der Waals surface area contributed by atoms with Gasteiger partial charge in [-0.2, -0.15) is 0 Å². The van der Waals surface area contributed by atoms with Crippen LogP contribution in [0.25, 0.3) is 0 Å². The van der Waals surface area contributed by atoms with Gasteiger partial charge in [0.2, 0.25) is 5.91 Å². The van der Waals surface area contributed by atoms with Gasteiger partial charge < -0.3 is 10.1 Å². The molecule has 1 aliphatic rings. The average molecular weight is 388 g/mol. The zero-order valence-electron chi connectivity index (χ0n) is 15.0. The number of anilines is 1. The molecular weight excluding hydrogens is 368 g/mol. The van der Waals surface area contributed by atoms with E-state index in [1.807, 2.05) is 26.0 Å². The number of carbonyl (C=O) groups is 2. The molecule has 0 spiro atoms. The number of hydrogen-bond acceptors (Lipinski definition) is 5. The Labute approximate surface area is 157 Å². The summed E-state index contributed by atoms with van der Waals surface area (Å²) in [4.78, 5) is 24.0. The van der Waals surface area contributed by atoms with E-state index >= 15 is 0 Å². The molecule has 0 saturated heterocycles. The zero-order valence-corrected chi connectivity index (χ0v) is 15.8. The second kappa shape index (κ2) is 7.40. The SMILES string of the molecule is CC[C@@H]1Oc2ccc(S(=O)(=O)NC(=O)Cc3ccccc3C)cc2NC1=O. The van der Waals surface area contributed by atoms with Crippen molar-refractivity contribution in [3.05, 3.63) is 53.6 Å². The summed E-state index contributed by atoms with van der Waals surface area (Å²) in [7, 11) is -4.07. The summed E-state index contributed by atoms with van der Waals surface area (Å²) < 4.78 is 32.6. The van der Waals surface area contributed by atoms with E-state index in [0.29, 0.717) is 12.2 Å². The van der Waals surface area contributed by atoms with E-state index in [-0.39, 0.29) is 22.9 Å². The number of sulfonamides is 1.